The molecule has 1 unspecified atom stereocenters. The standard InChI is InChI=1S/C16H16BrN3S/c1-12(15-7-8-16(17)21-15)19-14-6-3-2-5-13(14)11-20-10-4-9-18-20/h2-10,12,19H,11H2,1H3. The lowest BCUT2D eigenvalue weighted by Crippen LogP contribution is -2.09. The number of rotatable bonds is 5. The molecular weight excluding hydrogens is 346 g/mol. The van der Waals surface area contributed by atoms with Crippen molar-refractivity contribution in [3.63, 3.8) is 0 Å². The van der Waals surface area contributed by atoms with Gasteiger partial charge in [0.25, 0.3) is 0 Å². The summed E-state index contributed by atoms with van der Waals surface area (Å²) in [6.45, 7) is 2.96. The van der Waals surface area contributed by atoms with Gasteiger partial charge in [0, 0.05) is 23.0 Å². The quantitative estimate of drug-likeness (QED) is 0.698. The summed E-state index contributed by atoms with van der Waals surface area (Å²) < 4.78 is 3.10. The van der Waals surface area contributed by atoms with Crippen molar-refractivity contribution in [2.75, 3.05) is 5.32 Å². The highest BCUT2D eigenvalue weighted by atomic mass is 79.9. The number of halogens is 1. The number of hydrogen-bond donors (Lipinski definition) is 1. The van der Waals surface area contributed by atoms with Gasteiger partial charge in [0.2, 0.25) is 0 Å². The van der Waals surface area contributed by atoms with Crippen LogP contribution >= 0.6 is 27.3 Å². The molecule has 3 rings (SSSR count). The van der Waals surface area contributed by atoms with Gasteiger partial charge in [0.15, 0.2) is 0 Å². The van der Waals surface area contributed by atoms with Crippen LogP contribution in [0.3, 0.4) is 0 Å². The van der Waals surface area contributed by atoms with Gasteiger partial charge in [-0.2, -0.15) is 5.10 Å². The first-order valence-corrected chi connectivity index (χ1v) is 8.40. The summed E-state index contributed by atoms with van der Waals surface area (Å²) in [6, 6.07) is 14.9. The molecule has 3 aromatic rings. The zero-order valence-electron chi connectivity index (χ0n) is 11.7. The van der Waals surface area contributed by atoms with E-state index in [1.54, 1.807) is 11.3 Å². The summed E-state index contributed by atoms with van der Waals surface area (Å²) in [5, 5.41) is 7.88. The Morgan fingerprint density at radius 2 is 2.10 bits per heavy atom. The molecule has 5 heteroatoms. The van der Waals surface area contributed by atoms with Gasteiger partial charge in [-0.25, -0.2) is 0 Å². The van der Waals surface area contributed by atoms with Gasteiger partial charge in [-0.05, 0) is 52.7 Å². The largest absolute Gasteiger partial charge is 0.377 e. The maximum absolute atomic E-state index is 4.28. The van der Waals surface area contributed by atoms with E-state index < -0.39 is 0 Å². The predicted octanol–water partition coefficient (Wildman–Crippen LogP) is 4.93. The minimum Gasteiger partial charge on any atom is -0.377 e. The average Bonchev–Trinajstić information content (AvgIpc) is 3.12. The van der Waals surface area contributed by atoms with Crippen molar-refractivity contribution < 1.29 is 0 Å². The van der Waals surface area contributed by atoms with E-state index in [0.29, 0.717) is 0 Å². The third-order valence-corrected chi connectivity index (χ3v) is 5.11. The third-order valence-electron chi connectivity index (χ3n) is 3.30. The maximum atomic E-state index is 4.28. The van der Waals surface area contributed by atoms with Crippen molar-refractivity contribution in [3.8, 4) is 0 Å². The van der Waals surface area contributed by atoms with Gasteiger partial charge in [-0.3, -0.25) is 4.68 Å². The van der Waals surface area contributed by atoms with Crippen molar-refractivity contribution in [1.29, 1.82) is 0 Å². The number of nitrogens with zero attached hydrogens (tertiary/aromatic N) is 2. The number of para-hydroxylation sites is 1. The molecule has 2 aromatic heterocycles. The Labute approximate surface area is 136 Å². The van der Waals surface area contributed by atoms with Crippen LogP contribution in [0.2, 0.25) is 0 Å². The van der Waals surface area contributed by atoms with Crippen molar-refractivity contribution >= 4 is 33.0 Å². The van der Waals surface area contributed by atoms with Crippen LogP contribution in [0.15, 0.2) is 58.6 Å². The summed E-state index contributed by atoms with van der Waals surface area (Å²) in [4.78, 5) is 1.32. The van der Waals surface area contributed by atoms with Crippen molar-refractivity contribution in [3.05, 3.63) is 69.1 Å². The first-order valence-electron chi connectivity index (χ1n) is 6.79. The molecule has 0 spiro atoms. The number of benzene rings is 1. The molecule has 21 heavy (non-hydrogen) atoms. The van der Waals surface area contributed by atoms with E-state index in [1.165, 1.54) is 10.4 Å². The van der Waals surface area contributed by atoms with E-state index in [0.717, 1.165) is 16.0 Å². The van der Waals surface area contributed by atoms with Gasteiger partial charge in [0.05, 0.1) is 16.4 Å². The van der Waals surface area contributed by atoms with Crippen LogP contribution in [0.25, 0.3) is 0 Å². The fourth-order valence-electron chi connectivity index (χ4n) is 2.23. The lowest BCUT2D eigenvalue weighted by atomic mass is 10.1. The molecule has 1 atom stereocenters. The van der Waals surface area contributed by atoms with E-state index in [1.807, 2.05) is 23.1 Å². The molecule has 0 bridgehead atoms. The highest BCUT2D eigenvalue weighted by Crippen LogP contribution is 2.30. The van der Waals surface area contributed by atoms with E-state index in [2.05, 4.69) is 69.7 Å². The second-order valence-corrected chi connectivity index (χ2v) is 7.36. The van der Waals surface area contributed by atoms with Gasteiger partial charge in [0.1, 0.15) is 0 Å². The molecule has 0 aliphatic heterocycles. The highest BCUT2D eigenvalue weighted by Gasteiger charge is 2.10. The van der Waals surface area contributed by atoms with Crippen LogP contribution in [-0.4, -0.2) is 9.78 Å². The van der Waals surface area contributed by atoms with Crippen LogP contribution in [0, 0.1) is 0 Å². The summed E-state index contributed by atoms with van der Waals surface area (Å²) in [5.74, 6) is 0. The molecular formula is C16H16BrN3S. The molecule has 0 saturated heterocycles. The second-order valence-electron chi connectivity index (χ2n) is 4.87. The minimum absolute atomic E-state index is 0.278. The third kappa shape index (κ3) is 3.54. The average molecular weight is 362 g/mol. The number of anilines is 1. The molecule has 0 fully saturated rings. The zero-order valence-corrected chi connectivity index (χ0v) is 14.1. The maximum Gasteiger partial charge on any atom is 0.0702 e. The smallest absolute Gasteiger partial charge is 0.0702 e. The van der Waals surface area contributed by atoms with Crippen LogP contribution in [0.1, 0.15) is 23.4 Å². The van der Waals surface area contributed by atoms with Gasteiger partial charge in [-0.1, -0.05) is 18.2 Å². The number of hydrogen-bond acceptors (Lipinski definition) is 3. The fourth-order valence-corrected chi connectivity index (χ4v) is 3.66. The molecule has 0 radical (unpaired) electrons. The van der Waals surface area contributed by atoms with E-state index >= 15 is 0 Å². The molecule has 1 N–H and O–H groups in total. The Morgan fingerprint density at radius 1 is 1.24 bits per heavy atom. The Balaban J connectivity index is 1.78. The first-order chi connectivity index (χ1) is 10.2. The zero-order chi connectivity index (χ0) is 14.7. The monoisotopic (exact) mass is 361 g/mol. The molecule has 0 aliphatic rings. The summed E-state index contributed by atoms with van der Waals surface area (Å²) in [6.07, 6.45) is 3.79. The van der Waals surface area contributed by atoms with Gasteiger partial charge in [-0.15, -0.1) is 11.3 Å². The normalized spacial score (nSPS) is 12.3. The number of nitrogens with one attached hydrogen (secondary N) is 1. The first kappa shape index (κ1) is 14.4. The van der Waals surface area contributed by atoms with Gasteiger partial charge >= 0.3 is 0 Å². The summed E-state index contributed by atoms with van der Waals surface area (Å²) in [5.41, 5.74) is 2.40. The van der Waals surface area contributed by atoms with Crippen molar-refractivity contribution in [2.45, 2.75) is 19.5 Å². The Hall–Kier alpha value is -1.59. The topological polar surface area (TPSA) is 29.9 Å². The Kier molecular flexibility index (Phi) is 4.41. The second kappa shape index (κ2) is 6.45. The van der Waals surface area contributed by atoms with E-state index in [4.69, 9.17) is 0 Å². The van der Waals surface area contributed by atoms with E-state index in [9.17, 15) is 0 Å². The van der Waals surface area contributed by atoms with Crippen LogP contribution in [0.5, 0.6) is 0 Å². The number of aromatic nitrogens is 2. The van der Waals surface area contributed by atoms with Crippen molar-refractivity contribution in [1.82, 2.24) is 9.78 Å². The molecule has 2 heterocycles. The molecule has 0 aliphatic carbocycles. The molecule has 3 nitrogen and oxygen atoms in total. The number of thiophene rings is 1. The predicted molar refractivity (Wildman–Crippen MR) is 91.8 cm³/mol. The van der Waals surface area contributed by atoms with Crippen LogP contribution in [0.4, 0.5) is 5.69 Å². The SMILES string of the molecule is CC(Nc1ccccc1Cn1cccn1)c1ccc(Br)s1. The minimum atomic E-state index is 0.278. The van der Waals surface area contributed by atoms with Crippen LogP contribution < -0.4 is 5.32 Å². The van der Waals surface area contributed by atoms with E-state index in [-0.39, 0.29) is 6.04 Å². The van der Waals surface area contributed by atoms with Crippen molar-refractivity contribution in [2.24, 2.45) is 0 Å². The Bertz CT molecular complexity index is 706. The molecule has 0 saturated carbocycles. The Morgan fingerprint density at radius 3 is 2.81 bits per heavy atom. The van der Waals surface area contributed by atoms with Crippen LogP contribution in [-0.2, 0) is 6.54 Å². The fraction of sp³-hybridized carbons (Fsp3) is 0.188. The molecule has 0 amide bonds. The molecule has 108 valence electrons. The summed E-state index contributed by atoms with van der Waals surface area (Å²) in [7, 11) is 0. The summed E-state index contributed by atoms with van der Waals surface area (Å²) >= 11 is 5.28. The lowest BCUT2D eigenvalue weighted by molar-refractivity contribution is 0.686. The highest BCUT2D eigenvalue weighted by molar-refractivity contribution is 9.11. The van der Waals surface area contributed by atoms with Gasteiger partial charge < -0.3 is 5.32 Å². The molecule has 1 aromatic carbocycles. The lowest BCUT2D eigenvalue weighted by Gasteiger charge is -2.17.